The Kier molecular flexibility index (Phi) is 4.88. The van der Waals surface area contributed by atoms with Crippen molar-refractivity contribution >= 4 is 21.6 Å². The molecule has 0 heterocycles. The maximum atomic E-state index is 12.5. The van der Waals surface area contributed by atoms with Crippen molar-refractivity contribution in [3.05, 3.63) is 59.1 Å². The van der Waals surface area contributed by atoms with Gasteiger partial charge in [0.15, 0.2) is 0 Å². The lowest BCUT2D eigenvalue weighted by Crippen LogP contribution is -2.26. The first-order valence-electron chi connectivity index (χ1n) is 6.29. The summed E-state index contributed by atoms with van der Waals surface area (Å²) in [5.41, 5.74) is 0.840. The second-order valence-corrected chi connectivity index (χ2v) is 6.96. The van der Waals surface area contributed by atoms with Crippen molar-refractivity contribution in [3.63, 3.8) is 0 Å². The largest absolute Gasteiger partial charge is 0.497 e. The fourth-order valence-corrected chi connectivity index (χ4v) is 3.58. The van der Waals surface area contributed by atoms with Crippen LogP contribution in [0, 0.1) is 0 Å². The Hall–Kier alpha value is -1.56. The number of methoxy groups -OCH3 is 1. The molecule has 0 aliphatic carbocycles. The Morgan fingerprint density at radius 3 is 2.52 bits per heavy atom. The maximum absolute atomic E-state index is 12.5. The third kappa shape index (κ3) is 3.56. The third-order valence-electron chi connectivity index (χ3n) is 3.06. The van der Waals surface area contributed by atoms with E-state index >= 15 is 0 Å². The Balaban J connectivity index is 2.27. The van der Waals surface area contributed by atoms with Gasteiger partial charge in [-0.05, 0) is 29.8 Å². The van der Waals surface area contributed by atoms with Gasteiger partial charge in [0.2, 0.25) is 10.0 Å². The van der Waals surface area contributed by atoms with Crippen LogP contribution in [0.15, 0.2) is 53.4 Å². The molecule has 0 saturated heterocycles. The van der Waals surface area contributed by atoms with Gasteiger partial charge in [-0.15, -0.1) is 0 Å². The molecule has 0 aliphatic heterocycles. The number of benzene rings is 2. The van der Waals surface area contributed by atoms with Gasteiger partial charge in [0.1, 0.15) is 10.6 Å². The first-order chi connectivity index (χ1) is 9.95. The van der Waals surface area contributed by atoms with E-state index in [2.05, 4.69) is 0 Å². The molecule has 0 bridgehead atoms. The van der Waals surface area contributed by atoms with Gasteiger partial charge in [0.25, 0.3) is 0 Å². The fraction of sp³-hybridized carbons (Fsp3) is 0.200. The molecule has 21 heavy (non-hydrogen) atoms. The highest BCUT2D eigenvalue weighted by Crippen LogP contribution is 2.25. The smallest absolute Gasteiger partial charge is 0.244 e. The molecule has 6 heteroatoms. The molecule has 0 unspecified atom stereocenters. The lowest BCUT2D eigenvalue weighted by molar-refractivity contribution is 0.412. The number of ether oxygens (including phenoxy) is 1. The van der Waals surface area contributed by atoms with E-state index in [-0.39, 0.29) is 16.5 Å². The summed E-state index contributed by atoms with van der Waals surface area (Å²) in [6.45, 7) is 0.241. The predicted octanol–water partition coefficient (Wildman–Crippen LogP) is 3.17. The normalized spacial score (nSPS) is 11.6. The summed E-state index contributed by atoms with van der Waals surface area (Å²) >= 11 is 5.98. The highest BCUT2D eigenvalue weighted by molar-refractivity contribution is 7.89. The molecule has 0 saturated carbocycles. The molecular formula is C15H16ClNO3S. The second-order valence-electron chi connectivity index (χ2n) is 4.54. The second kappa shape index (κ2) is 6.47. The van der Waals surface area contributed by atoms with E-state index in [0.29, 0.717) is 5.75 Å². The van der Waals surface area contributed by atoms with Gasteiger partial charge in [0, 0.05) is 13.6 Å². The lowest BCUT2D eigenvalue weighted by atomic mass is 10.2. The highest BCUT2D eigenvalue weighted by Gasteiger charge is 2.23. The molecule has 2 aromatic rings. The van der Waals surface area contributed by atoms with Gasteiger partial charge in [-0.25, -0.2) is 8.42 Å². The SMILES string of the molecule is COc1cccc(CN(C)S(=O)(=O)c2ccccc2Cl)c1. The predicted molar refractivity (Wildman–Crippen MR) is 83.1 cm³/mol. The fourth-order valence-electron chi connectivity index (χ4n) is 1.93. The van der Waals surface area contributed by atoms with E-state index in [1.165, 1.54) is 17.4 Å². The molecule has 0 fully saturated rings. The molecule has 0 radical (unpaired) electrons. The van der Waals surface area contributed by atoms with Crippen LogP contribution in [0.1, 0.15) is 5.56 Å². The molecule has 2 rings (SSSR count). The van der Waals surface area contributed by atoms with Crippen LogP contribution in [0.4, 0.5) is 0 Å². The van der Waals surface area contributed by atoms with Gasteiger partial charge in [-0.2, -0.15) is 4.31 Å². The van der Waals surface area contributed by atoms with Gasteiger partial charge < -0.3 is 4.74 Å². The van der Waals surface area contributed by atoms with E-state index in [0.717, 1.165) is 5.56 Å². The zero-order valence-electron chi connectivity index (χ0n) is 11.8. The van der Waals surface area contributed by atoms with E-state index in [9.17, 15) is 8.42 Å². The molecule has 4 nitrogen and oxygen atoms in total. The van der Waals surface area contributed by atoms with Crippen LogP contribution in [-0.2, 0) is 16.6 Å². The van der Waals surface area contributed by atoms with Crippen LogP contribution in [-0.4, -0.2) is 26.9 Å². The van der Waals surface area contributed by atoms with Crippen LogP contribution < -0.4 is 4.74 Å². The number of rotatable bonds is 5. The van der Waals surface area contributed by atoms with E-state index in [1.54, 1.807) is 31.4 Å². The van der Waals surface area contributed by atoms with Gasteiger partial charge >= 0.3 is 0 Å². The zero-order chi connectivity index (χ0) is 15.5. The molecular weight excluding hydrogens is 310 g/mol. The topological polar surface area (TPSA) is 46.6 Å². The zero-order valence-corrected chi connectivity index (χ0v) is 13.4. The molecule has 112 valence electrons. The minimum atomic E-state index is -3.63. The summed E-state index contributed by atoms with van der Waals surface area (Å²) < 4.78 is 31.4. The highest BCUT2D eigenvalue weighted by atomic mass is 35.5. The lowest BCUT2D eigenvalue weighted by Gasteiger charge is -2.18. The Bertz CT molecular complexity index is 731. The average molecular weight is 326 g/mol. The first kappa shape index (κ1) is 15.8. The van der Waals surface area contributed by atoms with Gasteiger partial charge in [-0.1, -0.05) is 35.9 Å². The molecule has 0 spiro atoms. The molecule has 0 atom stereocenters. The number of hydrogen-bond acceptors (Lipinski definition) is 3. The van der Waals surface area contributed by atoms with E-state index in [1.807, 2.05) is 18.2 Å². The van der Waals surface area contributed by atoms with Crippen LogP contribution >= 0.6 is 11.6 Å². The minimum absolute atomic E-state index is 0.108. The summed E-state index contributed by atoms with van der Waals surface area (Å²) in [6.07, 6.45) is 0. The number of hydrogen-bond donors (Lipinski definition) is 0. The summed E-state index contributed by atoms with van der Waals surface area (Å²) in [7, 11) is -0.528. The molecule has 0 amide bonds. The number of nitrogens with zero attached hydrogens (tertiary/aromatic N) is 1. The summed E-state index contributed by atoms with van der Waals surface area (Å²) in [6, 6.07) is 13.7. The molecule has 0 N–H and O–H groups in total. The van der Waals surface area contributed by atoms with Crippen molar-refractivity contribution in [2.45, 2.75) is 11.4 Å². The van der Waals surface area contributed by atoms with Gasteiger partial charge in [0.05, 0.1) is 12.1 Å². The van der Waals surface area contributed by atoms with Crippen molar-refractivity contribution in [3.8, 4) is 5.75 Å². The average Bonchev–Trinajstić information content (AvgIpc) is 2.47. The Labute approximate surface area is 130 Å². The summed E-state index contributed by atoms with van der Waals surface area (Å²) in [4.78, 5) is 0.108. The number of sulfonamides is 1. The van der Waals surface area contributed by atoms with Crippen LogP contribution in [0.2, 0.25) is 5.02 Å². The third-order valence-corrected chi connectivity index (χ3v) is 5.37. The van der Waals surface area contributed by atoms with Crippen molar-refractivity contribution in [2.24, 2.45) is 0 Å². The van der Waals surface area contributed by atoms with Crippen molar-refractivity contribution in [1.29, 1.82) is 0 Å². The van der Waals surface area contributed by atoms with Crippen LogP contribution in [0.3, 0.4) is 0 Å². The monoisotopic (exact) mass is 325 g/mol. The summed E-state index contributed by atoms with van der Waals surface area (Å²) in [5, 5.41) is 0.218. The maximum Gasteiger partial charge on any atom is 0.244 e. The van der Waals surface area contributed by atoms with Crippen molar-refractivity contribution in [1.82, 2.24) is 4.31 Å². The molecule has 0 aromatic heterocycles. The van der Waals surface area contributed by atoms with E-state index < -0.39 is 10.0 Å². The standard InChI is InChI=1S/C15H16ClNO3S/c1-17(11-12-6-5-7-13(10-12)20-2)21(18,19)15-9-4-3-8-14(15)16/h3-10H,11H2,1-2H3. The van der Waals surface area contributed by atoms with Crippen LogP contribution in [0.25, 0.3) is 0 Å². The Morgan fingerprint density at radius 1 is 1.14 bits per heavy atom. The molecule has 2 aromatic carbocycles. The Morgan fingerprint density at radius 2 is 1.86 bits per heavy atom. The van der Waals surface area contributed by atoms with Crippen molar-refractivity contribution < 1.29 is 13.2 Å². The summed E-state index contributed by atoms with van der Waals surface area (Å²) in [5.74, 6) is 0.691. The van der Waals surface area contributed by atoms with Crippen LogP contribution in [0.5, 0.6) is 5.75 Å². The van der Waals surface area contributed by atoms with Crippen molar-refractivity contribution in [2.75, 3.05) is 14.2 Å². The number of halogens is 1. The van der Waals surface area contributed by atoms with E-state index in [4.69, 9.17) is 16.3 Å². The molecule has 0 aliphatic rings. The quantitative estimate of drug-likeness (QED) is 0.848. The minimum Gasteiger partial charge on any atom is -0.497 e. The van der Waals surface area contributed by atoms with Gasteiger partial charge in [-0.3, -0.25) is 0 Å². The first-order valence-corrected chi connectivity index (χ1v) is 8.11.